The van der Waals surface area contributed by atoms with Crippen molar-refractivity contribution in [2.24, 2.45) is 0 Å². The number of imidazole rings is 1. The first-order valence-corrected chi connectivity index (χ1v) is 5.95. The van der Waals surface area contributed by atoms with E-state index < -0.39 is 12.0 Å². The van der Waals surface area contributed by atoms with E-state index in [1.165, 1.54) is 0 Å². The van der Waals surface area contributed by atoms with Crippen LogP contribution in [0.5, 0.6) is 0 Å². The van der Waals surface area contributed by atoms with Crippen LogP contribution in [0.4, 0.5) is 0 Å². The summed E-state index contributed by atoms with van der Waals surface area (Å²) in [4.78, 5) is 26.7. The molecular formula is C13H15N3O3. The minimum atomic E-state index is -0.946. The molecule has 1 atom stereocenters. The van der Waals surface area contributed by atoms with E-state index in [2.05, 4.69) is 10.3 Å². The highest BCUT2D eigenvalue weighted by Crippen LogP contribution is 2.08. The molecule has 1 unspecified atom stereocenters. The van der Waals surface area contributed by atoms with Gasteiger partial charge in [0.15, 0.2) is 0 Å². The molecule has 0 saturated carbocycles. The van der Waals surface area contributed by atoms with Gasteiger partial charge < -0.3 is 14.8 Å². The van der Waals surface area contributed by atoms with Crippen LogP contribution in [0.25, 0.3) is 5.65 Å². The number of fused-ring (bicyclic) bond motifs is 1. The minimum absolute atomic E-state index is 0.113. The van der Waals surface area contributed by atoms with Gasteiger partial charge in [0.05, 0.1) is 6.42 Å². The Balaban J connectivity index is 2.18. The lowest BCUT2D eigenvalue weighted by Crippen LogP contribution is -2.34. The Morgan fingerprint density at radius 1 is 1.47 bits per heavy atom. The first kappa shape index (κ1) is 13.1. The Hall–Kier alpha value is -2.37. The van der Waals surface area contributed by atoms with E-state index in [0.717, 1.165) is 5.69 Å². The first-order valence-electron chi connectivity index (χ1n) is 5.95. The van der Waals surface area contributed by atoms with Gasteiger partial charge in [-0.2, -0.15) is 0 Å². The number of pyridine rings is 1. The van der Waals surface area contributed by atoms with Crippen LogP contribution in [0.3, 0.4) is 0 Å². The average Bonchev–Trinajstić information content (AvgIpc) is 2.73. The van der Waals surface area contributed by atoms with E-state index in [9.17, 15) is 9.59 Å². The molecule has 0 saturated heterocycles. The quantitative estimate of drug-likeness (QED) is 0.867. The zero-order chi connectivity index (χ0) is 14.0. The van der Waals surface area contributed by atoms with Gasteiger partial charge in [-0.3, -0.25) is 9.59 Å². The van der Waals surface area contributed by atoms with Gasteiger partial charge in [-0.15, -0.1) is 0 Å². The van der Waals surface area contributed by atoms with E-state index in [4.69, 9.17) is 5.11 Å². The zero-order valence-corrected chi connectivity index (χ0v) is 10.8. The highest BCUT2D eigenvalue weighted by atomic mass is 16.4. The summed E-state index contributed by atoms with van der Waals surface area (Å²) in [7, 11) is 0. The monoisotopic (exact) mass is 261 g/mol. The summed E-state index contributed by atoms with van der Waals surface area (Å²) < 4.78 is 1.82. The molecule has 100 valence electrons. The second-order valence-corrected chi connectivity index (χ2v) is 4.49. The maximum absolute atomic E-state index is 11.9. The van der Waals surface area contributed by atoms with Crippen molar-refractivity contribution < 1.29 is 14.7 Å². The van der Waals surface area contributed by atoms with Crippen LogP contribution >= 0.6 is 0 Å². The molecular weight excluding hydrogens is 246 g/mol. The summed E-state index contributed by atoms with van der Waals surface area (Å²) in [5.41, 5.74) is 1.95. The predicted octanol–water partition coefficient (Wildman–Crippen LogP) is 1.24. The lowest BCUT2D eigenvalue weighted by Gasteiger charge is -2.09. The normalized spacial score (nSPS) is 12.3. The van der Waals surface area contributed by atoms with Gasteiger partial charge in [-0.05, 0) is 26.0 Å². The molecule has 0 aliphatic heterocycles. The van der Waals surface area contributed by atoms with E-state index in [0.29, 0.717) is 5.65 Å². The molecule has 0 aliphatic carbocycles. The van der Waals surface area contributed by atoms with E-state index in [1.807, 2.05) is 29.5 Å². The van der Waals surface area contributed by atoms with Crippen LogP contribution < -0.4 is 5.32 Å². The van der Waals surface area contributed by atoms with Crippen molar-refractivity contribution in [2.75, 3.05) is 0 Å². The van der Waals surface area contributed by atoms with Gasteiger partial charge in [0.25, 0.3) is 5.91 Å². The van der Waals surface area contributed by atoms with Crippen molar-refractivity contribution in [1.29, 1.82) is 0 Å². The van der Waals surface area contributed by atoms with Crippen LogP contribution in [-0.2, 0) is 4.79 Å². The minimum Gasteiger partial charge on any atom is -0.481 e. The number of aliphatic carboxylic acids is 1. The van der Waals surface area contributed by atoms with Crippen LogP contribution in [0.2, 0.25) is 0 Å². The standard InChI is InChI=1S/C13H15N3O3/c1-8(6-12(17)18)14-13(19)10-7-16-9(2)4-3-5-11(16)15-10/h3-5,7-8H,6H2,1-2H3,(H,14,19)(H,17,18). The molecule has 0 spiro atoms. The first-order chi connectivity index (χ1) is 8.97. The summed E-state index contributed by atoms with van der Waals surface area (Å²) in [6.45, 7) is 3.57. The summed E-state index contributed by atoms with van der Waals surface area (Å²) >= 11 is 0. The van der Waals surface area contributed by atoms with Crippen molar-refractivity contribution >= 4 is 17.5 Å². The third-order valence-electron chi connectivity index (χ3n) is 2.79. The molecule has 19 heavy (non-hydrogen) atoms. The number of hydrogen-bond donors (Lipinski definition) is 2. The van der Waals surface area contributed by atoms with Crippen molar-refractivity contribution in [1.82, 2.24) is 14.7 Å². The van der Waals surface area contributed by atoms with E-state index >= 15 is 0 Å². The van der Waals surface area contributed by atoms with E-state index in [1.54, 1.807) is 13.1 Å². The second-order valence-electron chi connectivity index (χ2n) is 4.49. The molecule has 2 aromatic rings. The number of nitrogens with zero attached hydrogens (tertiary/aromatic N) is 2. The Morgan fingerprint density at radius 3 is 2.84 bits per heavy atom. The smallest absolute Gasteiger partial charge is 0.305 e. The molecule has 0 aromatic carbocycles. The molecule has 2 heterocycles. The highest BCUT2D eigenvalue weighted by molar-refractivity contribution is 5.93. The topological polar surface area (TPSA) is 83.7 Å². The Kier molecular flexibility index (Phi) is 3.50. The van der Waals surface area contributed by atoms with Gasteiger partial charge >= 0.3 is 5.97 Å². The third kappa shape index (κ3) is 2.90. The number of amides is 1. The number of carbonyl (C=O) groups excluding carboxylic acids is 1. The number of hydrogen-bond acceptors (Lipinski definition) is 3. The molecule has 0 fully saturated rings. The molecule has 2 rings (SSSR count). The van der Waals surface area contributed by atoms with Crippen LogP contribution in [0.15, 0.2) is 24.4 Å². The molecule has 0 aliphatic rings. The van der Waals surface area contributed by atoms with Crippen LogP contribution in [0, 0.1) is 6.92 Å². The fraction of sp³-hybridized carbons (Fsp3) is 0.308. The van der Waals surface area contributed by atoms with Crippen LogP contribution in [0.1, 0.15) is 29.5 Å². The maximum Gasteiger partial charge on any atom is 0.305 e. The number of aromatic nitrogens is 2. The number of carboxylic acid groups (broad SMARTS) is 1. The fourth-order valence-electron chi connectivity index (χ4n) is 1.87. The van der Waals surface area contributed by atoms with Gasteiger partial charge in [0.1, 0.15) is 11.3 Å². The maximum atomic E-state index is 11.9. The average molecular weight is 261 g/mol. The molecule has 1 amide bonds. The van der Waals surface area contributed by atoms with E-state index in [-0.39, 0.29) is 18.0 Å². The number of carboxylic acids is 1. The molecule has 0 bridgehead atoms. The number of rotatable bonds is 4. The van der Waals surface area contributed by atoms with Gasteiger partial charge in [-0.1, -0.05) is 6.07 Å². The SMILES string of the molecule is Cc1cccc2nc(C(=O)NC(C)CC(=O)O)cn12. The molecule has 2 N–H and O–H groups in total. The van der Waals surface area contributed by atoms with Gasteiger partial charge in [0.2, 0.25) is 0 Å². The molecule has 2 aromatic heterocycles. The lowest BCUT2D eigenvalue weighted by molar-refractivity contribution is -0.137. The number of aryl methyl sites for hydroxylation is 1. The van der Waals surface area contributed by atoms with Crippen molar-refractivity contribution in [3.8, 4) is 0 Å². The summed E-state index contributed by atoms with van der Waals surface area (Å²) in [5.74, 6) is -1.31. The van der Waals surface area contributed by atoms with Gasteiger partial charge in [0, 0.05) is 17.9 Å². The van der Waals surface area contributed by atoms with Crippen molar-refractivity contribution in [3.63, 3.8) is 0 Å². The predicted molar refractivity (Wildman–Crippen MR) is 69.1 cm³/mol. The summed E-state index contributed by atoms with van der Waals surface area (Å²) in [5, 5.41) is 11.3. The molecule has 0 radical (unpaired) electrons. The number of nitrogens with one attached hydrogen (secondary N) is 1. The molecule has 6 nitrogen and oxygen atoms in total. The zero-order valence-electron chi connectivity index (χ0n) is 10.8. The number of carbonyl (C=O) groups is 2. The summed E-state index contributed by atoms with van der Waals surface area (Å²) in [6, 6.07) is 5.16. The summed E-state index contributed by atoms with van der Waals surface area (Å²) in [6.07, 6.45) is 1.53. The van der Waals surface area contributed by atoms with Crippen molar-refractivity contribution in [3.05, 3.63) is 35.8 Å². The lowest BCUT2D eigenvalue weighted by atomic mass is 10.2. The Labute approximate surface area is 110 Å². The van der Waals surface area contributed by atoms with Crippen LogP contribution in [-0.4, -0.2) is 32.4 Å². The largest absolute Gasteiger partial charge is 0.481 e. The van der Waals surface area contributed by atoms with Gasteiger partial charge in [-0.25, -0.2) is 4.98 Å². The van der Waals surface area contributed by atoms with Crippen molar-refractivity contribution in [2.45, 2.75) is 26.3 Å². The Morgan fingerprint density at radius 2 is 2.21 bits per heavy atom. The second kappa shape index (κ2) is 5.09. The highest BCUT2D eigenvalue weighted by Gasteiger charge is 2.15. The molecule has 6 heteroatoms. The third-order valence-corrected chi connectivity index (χ3v) is 2.79. The fourth-order valence-corrected chi connectivity index (χ4v) is 1.87. The Bertz CT molecular complexity index is 633.